The van der Waals surface area contributed by atoms with E-state index in [0.717, 1.165) is 13.0 Å². The molecule has 35 heavy (non-hydrogen) atoms. The number of hydrogen-bond donors (Lipinski definition) is 0. The molecule has 2 rings (SSSR count). The summed E-state index contributed by atoms with van der Waals surface area (Å²) in [5, 5.41) is 0. The van der Waals surface area contributed by atoms with Gasteiger partial charge in [-0.25, -0.2) is 0 Å². The van der Waals surface area contributed by atoms with E-state index in [1.807, 2.05) is 0 Å². The topological polar surface area (TPSA) is 88.1 Å². The van der Waals surface area contributed by atoms with Crippen LogP contribution in [0.15, 0.2) is 46.9 Å². The molecule has 0 bridgehead atoms. The van der Waals surface area contributed by atoms with Gasteiger partial charge in [0.2, 0.25) is 0 Å². The van der Waals surface area contributed by atoms with Crippen LogP contribution in [0.2, 0.25) is 0 Å². The fourth-order valence-corrected chi connectivity index (χ4v) is 3.25. The van der Waals surface area contributed by atoms with Crippen molar-refractivity contribution in [2.45, 2.75) is 25.0 Å². The van der Waals surface area contributed by atoms with Gasteiger partial charge in [-0.2, -0.15) is 34.8 Å². The molecule has 0 fully saturated rings. The summed E-state index contributed by atoms with van der Waals surface area (Å²) in [5.74, 6) is -1.49. The number of halogens is 7. The number of benzene rings is 2. The third kappa shape index (κ3) is 9.93. The lowest BCUT2D eigenvalue weighted by molar-refractivity contribution is -0.141. The predicted octanol–water partition coefficient (Wildman–Crippen LogP) is 5.47. The molecule has 0 spiro atoms. The van der Waals surface area contributed by atoms with Gasteiger partial charge >= 0.3 is 27.8 Å². The zero-order chi connectivity index (χ0) is 26.9. The summed E-state index contributed by atoms with van der Waals surface area (Å²) in [5.41, 5.74) is -6.19. The molecule has 0 radical (unpaired) electrons. The summed E-state index contributed by atoms with van der Waals surface area (Å²) in [6.07, 6.45) is -4.34. The highest BCUT2D eigenvalue weighted by Gasteiger charge is 2.49. The molecule has 0 aromatic heterocycles. The number of ether oxygens (including phenoxy) is 3. The fraction of sp³-hybridized carbons (Fsp3) is 0.350. The van der Waals surface area contributed by atoms with Crippen LogP contribution in [-0.2, 0) is 37.0 Å². The second-order valence-electron chi connectivity index (χ2n) is 6.35. The highest BCUT2D eigenvalue weighted by molar-refractivity contribution is 9.10. The number of carbonyl (C=O) groups excluding carboxylic acids is 1. The Bertz CT molecular complexity index is 1090. The van der Waals surface area contributed by atoms with Gasteiger partial charge in [0.05, 0.1) is 12.2 Å². The van der Waals surface area contributed by atoms with Gasteiger partial charge in [0.1, 0.15) is 0 Å². The first-order valence-electron chi connectivity index (χ1n) is 9.29. The second kappa shape index (κ2) is 13.0. The lowest BCUT2D eigenvalue weighted by atomic mass is 10.1. The Morgan fingerprint density at radius 1 is 1.00 bits per heavy atom. The Balaban J connectivity index is 0.000000462. The first-order chi connectivity index (χ1) is 16.1. The van der Waals surface area contributed by atoms with Crippen LogP contribution in [0, 0.1) is 0 Å². The molecule has 0 atom stereocenters. The van der Waals surface area contributed by atoms with Crippen molar-refractivity contribution >= 4 is 32.0 Å². The maximum absolute atomic E-state index is 12.5. The fourth-order valence-electron chi connectivity index (χ4n) is 2.24. The van der Waals surface area contributed by atoms with Crippen molar-refractivity contribution in [2.75, 3.05) is 20.5 Å². The highest BCUT2D eigenvalue weighted by Crippen LogP contribution is 2.36. The summed E-state index contributed by atoms with van der Waals surface area (Å²) >= 11 is 2.81. The Hall–Kier alpha value is -2.52. The molecule has 0 aliphatic rings. The molecule has 2 aromatic rings. The molecule has 0 aliphatic heterocycles. The van der Waals surface area contributed by atoms with Gasteiger partial charge in [-0.3, -0.25) is 4.79 Å². The van der Waals surface area contributed by atoms with Gasteiger partial charge in [0.25, 0.3) is 0 Å². The van der Waals surface area contributed by atoms with Gasteiger partial charge in [-0.15, -0.1) is 0 Å². The highest BCUT2D eigenvalue weighted by atomic mass is 79.9. The number of methoxy groups -OCH3 is 1. The van der Waals surface area contributed by atoms with Crippen molar-refractivity contribution in [3.8, 4) is 11.5 Å². The molecule has 7 nitrogen and oxygen atoms in total. The van der Waals surface area contributed by atoms with E-state index >= 15 is 0 Å². The first-order valence-corrected chi connectivity index (χ1v) is 11.5. The van der Waals surface area contributed by atoms with Crippen molar-refractivity contribution in [3.63, 3.8) is 0 Å². The minimum atomic E-state index is -5.89. The normalized spacial score (nSPS) is 11.8. The number of esters is 1. The second-order valence-corrected chi connectivity index (χ2v) is 8.74. The van der Waals surface area contributed by atoms with E-state index in [1.165, 1.54) is 37.4 Å². The van der Waals surface area contributed by atoms with Crippen LogP contribution in [-0.4, -0.2) is 40.4 Å². The van der Waals surface area contributed by atoms with Crippen molar-refractivity contribution < 1.29 is 57.9 Å². The average Bonchev–Trinajstić information content (AvgIpc) is 2.72. The number of para-hydroxylation sites is 1. The van der Waals surface area contributed by atoms with Crippen molar-refractivity contribution in [2.24, 2.45) is 0 Å². The molecule has 0 unspecified atom stereocenters. The molecular formula is C20H19BrF6O7S. The van der Waals surface area contributed by atoms with Crippen molar-refractivity contribution in [1.29, 1.82) is 0 Å². The summed E-state index contributed by atoms with van der Waals surface area (Å²) in [7, 11) is -4.62. The quantitative estimate of drug-likeness (QED) is 0.131. The minimum Gasteiger partial charge on any atom is -0.466 e. The third-order valence-electron chi connectivity index (χ3n) is 3.73. The number of hydrogen-bond acceptors (Lipinski definition) is 7. The molecule has 196 valence electrons. The van der Waals surface area contributed by atoms with E-state index in [0.29, 0.717) is 0 Å². The van der Waals surface area contributed by atoms with Crippen LogP contribution in [0.3, 0.4) is 0 Å². The maximum atomic E-state index is 12.5. The van der Waals surface area contributed by atoms with E-state index in [1.54, 1.807) is 6.07 Å². The number of carbonyl (C=O) groups is 1. The molecule has 15 heteroatoms. The zero-order valence-electron chi connectivity index (χ0n) is 18.1. The first kappa shape index (κ1) is 30.5. The minimum absolute atomic E-state index is 0.0534. The Morgan fingerprint density at radius 2 is 1.63 bits per heavy atom. The third-order valence-corrected chi connectivity index (χ3v) is 5.37. The number of alkyl halides is 6. The van der Waals surface area contributed by atoms with Crippen LogP contribution in [0.5, 0.6) is 11.5 Å². The average molecular weight is 597 g/mol. The summed E-state index contributed by atoms with van der Waals surface area (Å²) in [6.45, 7) is 0.644. The summed E-state index contributed by atoms with van der Waals surface area (Å²) in [6, 6.07) is 9.25. The van der Waals surface area contributed by atoms with E-state index in [-0.39, 0.29) is 35.6 Å². The van der Waals surface area contributed by atoms with Gasteiger partial charge in [0.15, 0.2) is 18.3 Å². The lowest BCUT2D eigenvalue weighted by Crippen LogP contribution is -2.28. The van der Waals surface area contributed by atoms with E-state index < -0.39 is 39.1 Å². The molecule has 0 aliphatic carbocycles. The molecule has 0 N–H and O–H groups in total. The molecule has 0 amide bonds. The standard InChI is InChI=1S/C13H15F3O7S.C7H4BrF3/c1-9(17)21-7-6-10-4-3-5-11(22-8-20-2)12(10)23-24(18,19)13(14,15)16;8-6-4-2-1-3-5(6)7(9,10)11/h3-5H,6-8H2,1-2H3;1-4H. The zero-order valence-corrected chi connectivity index (χ0v) is 20.5. The SMILES string of the molecule is COCOc1cccc(CCOC(C)=O)c1OS(=O)(=O)C(F)(F)F.FC(F)(F)c1ccccc1Br. The lowest BCUT2D eigenvalue weighted by Gasteiger charge is -2.16. The van der Waals surface area contributed by atoms with Gasteiger partial charge in [-0.1, -0.05) is 40.2 Å². The Kier molecular flexibility index (Phi) is 11.3. The number of rotatable bonds is 8. The van der Waals surface area contributed by atoms with Crippen LogP contribution in [0.1, 0.15) is 18.1 Å². The molecule has 2 aromatic carbocycles. The molecule has 0 saturated heterocycles. The molecule has 0 saturated carbocycles. The molecular weight excluding hydrogens is 578 g/mol. The predicted molar refractivity (Wildman–Crippen MR) is 114 cm³/mol. The van der Waals surface area contributed by atoms with E-state index in [9.17, 15) is 39.6 Å². The van der Waals surface area contributed by atoms with Crippen molar-refractivity contribution in [3.05, 3.63) is 58.1 Å². The van der Waals surface area contributed by atoms with Crippen LogP contribution in [0.25, 0.3) is 0 Å². The van der Waals surface area contributed by atoms with Crippen molar-refractivity contribution in [1.82, 2.24) is 0 Å². The van der Waals surface area contributed by atoms with Gasteiger partial charge in [0, 0.05) is 30.5 Å². The Labute approximate surface area is 205 Å². The van der Waals surface area contributed by atoms with Gasteiger partial charge in [-0.05, 0) is 18.2 Å². The van der Waals surface area contributed by atoms with Crippen LogP contribution < -0.4 is 8.92 Å². The monoisotopic (exact) mass is 596 g/mol. The smallest absolute Gasteiger partial charge is 0.466 e. The van der Waals surface area contributed by atoms with Crippen LogP contribution in [0.4, 0.5) is 26.3 Å². The largest absolute Gasteiger partial charge is 0.534 e. The maximum Gasteiger partial charge on any atom is 0.534 e. The summed E-state index contributed by atoms with van der Waals surface area (Å²) in [4.78, 5) is 10.7. The van der Waals surface area contributed by atoms with E-state index in [4.69, 9.17) is 4.74 Å². The van der Waals surface area contributed by atoms with Crippen LogP contribution >= 0.6 is 15.9 Å². The Morgan fingerprint density at radius 3 is 2.11 bits per heavy atom. The molecule has 0 heterocycles. The summed E-state index contributed by atoms with van der Waals surface area (Å²) < 4.78 is 115. The van der Waals surface area contributed by atoms with Gasteiger partial charge < -0.3 is 18.4 Å². The van der Waals surface area contributed by atoms with E-state index in [2.05, 4.69) is 29.6 Å².